The van der Waals surface area contributed by atoms with Crippen molar-refractivity contribution in [2.75, 3.05) is 16.0 Å². The van der Waals surface area contributed by atoms with Gasteiger partial charge in [0.05, 0.1) is 28.8 Å². The monoisotopic (exact) mass is 1820 g/mol. The number of anilines is 6. The van der Waals surface area contributed by atoms with E-state index in [4.69, 9.17) is 20.1 Å². The third kappa shape index (κ3) is 12.2. The van der Waals surface area contributed by atoms with Crippen LogP contribution in [0, 0.1) is 0 Å². The molecule has 0 atom stereocenters. The van der Waals surface area contributed by atoms with Crippen molar-refractivity contribution in [1.82, 2.24) is 0 Å². The Bertz CT molecular complexity index is 9330. The van der Waals surface area contributed by atoms with Gasteiger partial charge in [0.25, 0.3) is 0 Å². The zero-order chi connectivity index (χ0) is 95.1. The average Bonchev–Trinajstić information content (AvgIpc) is 1.54. The zero-order valence-corrected chi connectivity index (χ0v) is 76.5. The molecule has 648 valence electrons. The maximum atomic E-state index is 8.56. The van der Waals surface area contributed by atoms with Gasteiger partial charge in [0.15, 0.2) is 5.58 Å². The number of fused-ring (bicyclic) bond motifs is 36. The second-order valence-electron chi connectivity index (χ2n) is 36.0. The minimum atomic E-state index is -0.466. The summed E-state index contributed by atoms with van der Waals surface area (Å²) in [6, 6.07) is 157. The van der Waals surface area contributed by atoms with Crippen LogP contribution in [-0.2, 0) is 16.2 Å². The lowest BCUT2D eigenvalue weighted by Gasteiger charge is -2.40. The standard InChI is InChI=1S/3C43H27NOS/c1-2-12-27(13-3-1)33-24-29(26-39-42(33)32-16-6-10-20-38(32)45-39)44-28-22-23-41-37(25-28)43(36-19-9-11-21-40(36)46-41)34-17-7-4-14-30(34)31-15-5-8-18-35(31)43;1-2-11-27(12-3-1)30-15-10-16-33-34-25-28(21-23-39(34)45-42(30)33)44-29-22-24-41-38(26-29)43(37-19-8-9-20-40(37)46-41)35-17-6-4-13-31(35)32-14-5-7-18-36(32)43;1-2-11-27(12-3-1)28-21-23-39-33(25-28)32-15-10-19-38(42(32)45-39)44-29-22-24-41-37(26-29)43(36-18-8-9-20-40(36)46-41)34-16-6-4-13-30(34)31-14-5-7-17-35(31)43/h3*1-26,44H/i;1D,2D,3D,11D,12D;. The van der Waals surface area contributed by atoms with Crippen LogP contribution >= 0.6 is 35.3 Å². The molecule has 138 heavy (non-hydrogen) atoms. The molecule has 6 nitrogen and oxygen atoms in total. The first-order chi connectivity index (χ1) is 70.4. The molecule has 0 saturated carbocycles. The number of para-hydroxylation sites is 3. The van der Waals surface area contributed by atoms with Gasteiger partial charge >= 0.3 is 0 Å². The quantitative estimate of drug-likeness (QED) is 0.131. The fourth-order valence-corrected chi connectivity index (χ4v) is 26.7. The summed E-state index contributed by atoms with van der Waals surface area (Å²) in [7, 11) is 0. The summed E-state index contributed by atoms with van der Waals surface area (Å²) >= 11 is 5.55. The third-order valence-corrected chi connectivity index (χ3v) is 32.3. The van der Waals surface area contributed by atoms with Gasteiger partial charge in [0.1, 0.15) is 27.9 Å². The summed E-state index contributed by atoms with van der Waals surface area (Å²) in [6.45, 7) is 0. The van der Waals surface area contributed by atoms with Crippen LogP contribution in [0.15, 0.2) is 516 Å². The molecule has 0 fully saturated rings. The Morgan fingerprint density at radius 2 is 0.558 bits per heavy atom. The first kappa shape index (κ1) is 74.8. The minimum Gasteiger partial charge on any atom is -0.456 e. The van der Waals surface area contributed by atoms with Crippen molar-refractivity contribution in [2.45, 2.75) is 45.6 Å². The van der Waals surface area contributed by atoms with E-state index in [1.54, 1.807) is 6.07 Å². The van der Waals surface area contributed by atoms with E-state index in [9.17, 15) is 0 Å². The van der Waals surface area contributed by atoms with E-state index in [0.29, 0.717) is 16.7 Å². The van der Waals surface area contributed by atoms with Crippen LogP contribution in [0.1, 0.15) is 73.6 Å². The molecule has 6 aliphatic rings. The summed E-state index contributed by atoms with van der Waals surface area (Å²) in [4.78, 5) is 7.67. The number of nitrogens with one attached hydrogen (secondary N) is 3. The van der Waals surface area contributed by atoms with Crippen molar-refractivity contribution in [2.24, 2.45) is 0 Å². The van der Waals surface area contributed by atoms with Crippen molar-refractivity contribution in [3.63, 3.8) is 0 Å². The maximum Gasteiger partial charge on any atom is 0.158 e. The van der Waals surface area contributed by atoms with Crippen molar-refractivity contribution in [1.29, 1.82) is 0 Å². The molecule has 0 saturated heterocycles. The first-order valence-corrected chi connectivity index (χ1v) is 49.1. The van der Waals surface area contributed by atoms with Crippen LogP contribution in [0.5, 0.6) is 0 Å². The molecule has 21 aromatic carbocycles. The largest absolute Gasteiger partial charge is 0.456 e. The summed E-state index contributed by atoms with van der Waals surface area (Å²) < 4.78 is 60.9. The van der Waals surface area contributed by atoms with E-state index in [1.807, 2.05) is 77.8 Å². The highest BCUT2D eigenvalue weighted by molar-refractivity contribution is 8.00. The fraction of sp³-hybridized carbons (Fsp3) is 0.0233. The molecule has 24 aromatic rings. The van der Waals surface area contributed by atoms with Gasteiger partial charge in [-0.25, -0.2) is 0 Å². The smallest absolute Gasteiger partial charge is 0.158 e. The fourth-order valence-electron chi connectivity index (χ4n) is 23.2. The first-order valence-electron chi connectivity index (χ1n) is 49.1. The summed E-state index contributed by atoms with van der Waals surface area (Å²) in [6.07, 6.45) is 0. The van der Waals surface area contributed by atoms with E-state index < -0.39 is 22.3 Å². The number of furan rings is 3. The molecular formula is C129H81N3O3S3. The molecule has 30 rings (SSSR count). The zero-order valence-electron chi connectivity index (χ0n) is 79.1. The maximum absolute atomic E-state index is 8.56. The summed E-state index contributed by atoms with van der Waals surface area (Å²) in [5.74, 6) is 0. The topological polar surface area (TPSA) is 75.5 Å². The Hall–Kier alpha value is -16.5. The Balaban J connectivity index is 0.000000105. The van der Waals surface area contributed by atoms with Gasteiger partial charge in [0, 0.05) is 102 Å². The number of hydrogen-bond donors (Lipinski definition) is 3. The second kappa shape index (κ2) is 31.8. The lowest BCUT2D eigenvalue weighted by atomic mass is 9.67. The van der Waals surface area contributed by atoms with Gasteiger partial charge in [-0.15, -0.1) is 0 Å². The van der Waals surface area contributed by atoms with Gasteiger partial charge in [0.2, 0.25) is 0 Å². The molecular weight excluding hydrogens is 1740 g/mol. The molecule has 3 aliphatic carbocycles. The molecule has 0 radical (unpaired) electrons. The van der Waals surface area contributed by atoms with E-state index in [-0.39, 0.29) is 29.7 Å². The Morgan fingerprint density at radius 1 is 0.196 bits per heavy atom. The highest BCUT2D eigenvalue weighted by atomic mass is 32.2. The second-order valence-corrected chi connectivity index (χ2v) is 39.3. The predicted molar refractivity (Wildman–Crippen MR) is 571 cm³/mol. The molecule has 9 heteroatoms. The number of rotatable bonds is 9. The van der Waals surface area contributed by atoms with Crippen LogP contribution in [0.25, 0.3) is 133 Å². The van der Waals surface area contributed by atoms with Gasteiger partial charge in [-0.05, 0) is 249 Å². The Labute approximate surface area is 817 Å². The normalized spacial score (nSPS) is 14.2. The van der Waals surface area contributed by atoms with Crippen LogP contribution < -0.4 is 16.0 Å². The van der Waals surface area contributed by atoms with Gasteiger partial charge in [-0.1, -0.05) is 381 Å². The van der Waals surface area contributed by atoms with Crippen molar-refractivity contribution in [3.05, 3.63) is 540 Å². The number of hydrogen-bond acceptors (Lipinski definition) is 9. The van der Waals surface area contributed by atoms with Gasteiger partial charge < -0.3 is 29.2 Å². The molecule has 0 unspecified atom stereocenters. The highest BCUT2D eigenvalue weighted by Crippen LogP contribution is 2.67. The van der Waals surface area contributed by atoms with Crippen molar-refractivity contribution in [3.8, 4) is 66.8 Å². The van der Waals surface area contributed by atoms with Crippen LogP contribution in [-0.4, -0.2) is 0 Å². The summed E-state index contributed by atoms with van der Waals surface area (Å²) in [5, 5.41) is 17.4. The van der Waals surface area contributed by atoms with E-state index in [2.05, 4.69) is 410 Å². The third-order valence-electron chi connectivity index (χ3n) is 28.8. The lowest BCUT2D eigenvalue weighted by molar-refractivity contribution is 0.669. The Kier molecular flexibility index (Phi) is 17.3. The summed E-state index contributed by atoms with van der Waals surface area (Å²) in [5.41, 5.74) is 38.1. The number of benzene rings is 21. The van der Waals surface area contributed by atoms with Crippen molar-refractivity contribution >= 4 is 135 Å². The molecule has 0 bridgehead atoms. The molecule has 3 spiro atoms. The van der Waals surface area contributed by atoms with E-state index in [0.717, 1.165) is 94.3 Å². The average molecular weight is 1820 g/mol. The van der Waals surface area contributed by atoms with Crippen molar-refractivity contribution < 1.29 is 20.1 Å². The van der Waals surface area contributed by atoms with Gasteiger partial charge in [-0.3, -0.25) is 0 Å². The highest BCUT2D eigenvalue weighted by Gasteiger charge is 2.54. The molecule has 6 heterocycles. The van der Waals surface area contributed by atoms with Crippen LogP contribution in [0.2, 0.25) is 0 Å². The Morgan fingerprint density at radius 3 is 1.07 bits per heavy atom. The predicted octanol–water partition coefficient (Wildman–Crippen LogP) is 35.5. The molecule has 3 aliphatic heterocycles. The van der Waals surface area contributed by atoms with Crippen LogP contribution in [0.3, 0.4) is 0 Å². The minimum absolute atomic E-state index is 0.126. The van der Waals surface area contributed by atoms with Gasteiger partial charge in [-0.2, -0.15) is 0 Å². The van der Waals surface area contributed by atoms with E-state index >= 15 is 0 Å². The SMILES string of the molecule is [2H]c1c([2H])c([2H])c(-c2cccc3c2oc2ccc(Nc4ccc5c(c4)C4(c6ccccc6S5)c5ccccc5-c5ccccc54)cc23)c([2H])c1[2H].c1ccc(-c2cc(Nc3ccc4c(c3)C3(c5ccccc5S4)c4ccccc4-c4ccccc43)cc3oc4ccccc4c23)cc1.c1ccc(-c2ccc3oc4c(Nc5ccc6c(c5)C5(c7ccccc7S6)c6ccccc6-c6ccccc65)cccc4c3c2)cc1. The van der Waals surface area contributed by atoms with E-state index in [1.165, 1.54) is 146 Å². The lowest BCUT2D eigenvalue weighted by Crippen LogP contribution is -2.32. The van der Waals surface area contributed by atoms with Crippen LogP contribution in [0.4, 0.5) is 34.1 Å². The molecule has 3 aromatic heterocycles. The molecule has 0 amide bonds. The molecule has 3 N–H and O–H groups in total.